The first-order valence-electron chi connectivity index (χ1n) is 10.6. The number of rotatable bonds is 8. The minimum absolute atomic E-state index is 0.133. The van der Waals surface area contributed by atoms with Crippen LogP contribution in [-0.4, -0.2) is 46.4 Å². The van der Waals surface area contributed by atoms with Crippen molar-refractivity contribution in [3.8, 4) is 0 Å². The number of nitrogens with zero attached hydrogens (tertiary/aromatic N) is 1. The van der Waals surface area contributed by atoms with Gasteiger partial charge in [-0.25, -0.2) is 9.80 Å². The predicted molar refractivity (Wildman–Crippen MR) is 126 cm³/mol. The first-order chi connectivity index (χ1) is 15.3. The highest BCUT2D eigenvalue weighted by atomic mass is 35.5. The standard InChI is InChI=1S/C23H29Cl2N3O5/c1-5-19(29)27-28(18(22(32)33)10-13-8-9-26-21(13)31)20(30)12-16(23(2,3)4)15-7-6-14(24)11-17(15)25/h5-7,11,13,16,18H,1,8-10,12H2,2-4H3,(H,26,31)(H,27,29)(H,32,33). The Hall–Kier alpha value is -2.58. The molecular weight excluding hydrogens is 469 g/mol. The number of carboxylic acids is 1. The zero-order valence-corrected chi connectivity index (χ0v) is 20.4. The molecule has 0 aromatic heterocycles. The molecule has 3 atom stereocenters. The van der Waals surface area contributed by atoms with Crippen molar-refractivity contribution in [1.29, 1.82) is 0 Å². The molecule has 0 radical (unpaired) electrons. The van der Waals surface area contributed by atoms with E-state index in [9.17, 15) is 24.3 Å². The van der Waals surface area contributed by atoms with Crippen molar-refractivity contribution in [2.75, 3.05) is 6.54 Å². The summed E-state index contributed by atoms with van der Waals surface area (Å²) >= 11 is 12.4. The fourth-order valence-electron chi connectivity index (χ4n) is 3.87. The Kier molecular flexibility index (Phi) is 8.91. The van der Waals surface area contributed by atoms with Crippen molar-refractivity contribution >= 4 is 46.9 Å². The van der Waals surface area contributed by atoms with E-state index in [-0.39, 0.29) is 18.7 Å². The lowest BCUT2D eigenvalue weighted by Gasteiger charge is -2.35. The summed E-state index contributed by atoms with van der Waals surface area (Å²) in [5.41, 5.74) is 2.57. The maximum absolute atomic E-state index is 13.4. The van der Waals surface area contributed by atoms with Gasteiger partial charge < -0.3 is 10.4 Å². The Morgan fingerprint density at radius 1 is 1.33 bits per heavy atom. The second-order valence-electron chi connectivity index (χ2n) is 9.10. The van der Waals surface area contributed by atoms with Gasteiger partial charge >= 0.3 is 5.97 Å². The lowest BCUT2D eigenvalue weighted by molar-refractivity contribution is -0.157. The molecule has 1 heterocycles. The molecule has 10 heteroatoms. The molecule has 0 saturated carbocycles. The Balaban J connectivity index is 2.40. The lowest BCUT2D eigenvalue weighted by atomic mass is 9.74. The number of hydrogen-bond donors (Lipinski definition) is 3. The molecular formula is C23H29Cl2N3O5. The van der Waals surface area contributed by atoms with Gasteiger partial charge in [0.15, 0.2) is 6.04 Å². The smallest absolute Gasteiger partial charge is 0.328 e. The van der Waals surface area contributed by atoms with Crippen LogP contribution in [0.25, 0.3) is 0 Å². The van der Waals surface area contributed by atoms with Crippen LogP contribution >= 0.6 is 23.2 Å². The molecule has 1 aromatic rings. The monoisotopic (exact) mass is 497 g/mol. The fourth-order valence-corrected chi connectivity index (χ4v) is 4.41. The van der Waals surface area contributed by atoms with Crippen LogP contribution in [-0.2, 0) is 19.2 Å². The third-order valence-corrected chi connectivity index (χ3v) is 6.28. The van der Waals surface area contributed by atoms with Gasteiger partial charge in [0, 0.05) is 28.9 Å². The summed E-state index contributed by atoms with van der Waals surface area (Å²) in [6.07, 6.45) is 1.12. The quantitative estimate of drug-likeness (QED) is 0.375. The Morgan fingerprint density at radius 2 is 2.00 bits per heavy atom. The van der Waals surface area contributed by atoms with Gasteiger partial charge in [0.1, 0.15) is 0 Å². The van der Waals surface area contributed by atoms with Crippen LogP contribution < -0.4 is 10.7 Å². The number of carbonyl (C=O) groups excluding carboxylic acids is 3. The van der Waals surface area contributed by atoms with Gasteiger partial charge in [-0.2, -0.15) is 0 Å². The number of benzene rings is 1. The summed E-state index contributed by atoms with van der Waals surface area (Å²) in [7, 11) is 0. The second-order valence-corrected chi connectivity index (χ2v) is 9.94. The van der Waals surface area contributed by atoms with Crippen molar-refractivity contribution < 1.29 is 24.3 Å². The van der Waals surface area contributed by atoms with E-state index in [1.807, 2.05) is 20.8 Å². The number of hydrogen-bond acceptors (Lipinski definition) is 4. The van der Waals surface area contributed by atoms with Crippen molar-refractivity contribution in [2.45, 2.75) is 52.0 Å². The molecule has 1 aliphatic heterocycles. The van der Waals surface area contributed by atoms with Crippen LogP contribution in [0.5, 0.6) is 0 Å². The van der Waals surface area contributed by atoms with Crippen molar-refractivity contribution in [3.63, 3.8) is 0 Å². The van der Waals surface area contributed by atoms with Gasteiger partial charge in [-0.15, -0.1) is 0 Å². The van der Waals surface area contributed by atoms with Gasteiger partial charge in [0.2, 0.25) is 11.8 Å². The minimum atomic E-state index is -1.43. The van der Waals surface area contributed by atoms with E-state index < -0.39 is 41.1 Å². The van der Waals surface area contributed by atoms with Crippen LogP contribution in [0.4, 0.5) is 0 Å². The average molecular weight is 498 g/mol. The SMILES string of the molecule is C=CC(=O)NN(C(=O)CC(c1ccc(Cl)cc1Cl)C(C)(C)C)C(CC1CCNC1=O)C(=O)O. The van der Waals surface area contributed by atoms with Gasteiger partial charge in [-0.1, -0.05) is 56.6 Å². The van der Waals surface area contributed by atoms with Gasteiger partial charge in [0.25, 0.3) is 5.91 Å². The van der Waals surface area contributed by atoms with E-state index in [0.29, 0.717) is 28.6 Å². The minimum Gasteiger partial charge on any atom is -0.480 e. The molecule has 1 aliphatic rings. The molecule has 1 aromatic carbocycles. The Labute approximate surface area is 203 Å². The summed E-state index contributed by atoms with van der Waals surface area (Å²) in [5.74, 6) is -3.95. The summed E-state index contributed by atoms with van der Waals surface area (Å²) in [4.78, 5) is 49.7. The molecule has 8 nitrogen and oxygen atoms in total. The largest absolute Gasteiger partial charge is 0.480 e. The molecule has 3 N–H and O–H groups in total. The topological polar surface area (TPSA) is 116 Å². The number of hydrazine groups is 1. The van der Waals surface area contributed by atoms with Crippen LogP contribution in [0.2, 0.25) is 10.0 Å². The third-order valence-electron chi connectivity index (χ3n) is 5.71. The number of nitrogens with one attached hydrogen (secondary N) is 2. The van der Waals surface area contributed by atoms with Crippen molar-refractivity contribution in [3.05, 3.63) is 46.5 Å². The second kappa shape index (κ2) is 11.0. The summed E-state index contributed by atoms with van der Waals surface area (Å²) < 4.78 is 0. The Morgan fingerprint density at radius 3 is 2.48 bits per heavy atom. The zero-order valence-electron chi connectivity index (χ0n) is 18.9. The van der Waals surface area contributed by atoms with E-state index in [1.54, 1.807) is 18.2 Å². The first kappa shape index (κ1) is 26.7. The van der Waals surface area contributed by atoms with Crippen LogP contribution in [0.1, 0.15) is 51.5 Å². The maximum Gasteiger partial charge on any atom is 0.328 e. The van der Waals surface area contributed by atoms with Gasteiger partial charge in [0.05, 0.1) is 0 Å². The molecule has 180 valence electrons. The van der Waals surface area contributed by atoms with Crippen molar-refractivity contribution in [2.24, 2.45) is 11.3 Å². The van der Waals surface area contributed by atoms with E-state index in [2.05, 4.69) is 17.3 Å². The van der Waals surface area contributed by atoms with Crippen LogP contribution in [0.3, 0.4) is 0 Å². The van der Waals surface area contributed by atoms with E-state index in [0.717, 1.165) is 11.1 Å². The molecule has 3 amide bonds. The first-order valence-corrected chi connectivity index (χ1v) is 11.3. The highest BCUT2D eigenvalue weighted by Gasteiger charge is 2.39. The molecule has 1 saturated heterocycles. The number of amides is 3. The van der Waals surface area contributed by atoms with Gasteiger partial charge in [-0.3, -0.25) is 19.8 Å². The summed E-state index contributed by atoms with van der Waals surface area (Å²) in [5, 5.41) is 14.2. The highest BCUT2D eigenvalue weighted by molar-refractivity contribution is 6.35. The normalized spacial score (nSPS) is 17.6. The molecule has 2 rings (SSSR count). The van der Waals surface area contributed by atoms with E-state index in [4.69, 9.17) is 23.2 Å². The third kappa shape index (κ3) is 6.95. The van der Waals surface area contributed by atoms with Crippen molar-refractivity contribution in [1.82, 2.24) is 15.8 Å². The molecule has 0 aliphatic carbocycles. The van der Waals surface area contributed by atoms with E-state index >= 15 is 0 Å². The molecule has 0 spiro atoms. The number of carbonyl (C=O) groups is 4. The molecule has 0 bridgehead atoms. The van der Waals surface area contributed by atoms with Crippen LogP contribution in [0.15, 0.2) is 30.9 Å². The van der Waals surface area contributed by atoms with E-state index in [1.165, 1.54) is 0 Å². The number of carboxylic acid groups (broad SMARTS) is 1. The summed E-state index contributed by atoms with van der Waals surface area (Å²) in [6.45, 7) is 9.60. The summed E-state index contributed by atoms with van der Waals surface area (Å²) in [6, 6.07) is 3.55. The zero-order chi connectivity index (χ0) is 24.9. The number of aliphatic carboxylic acids is 1. The van der Waals surface area contributed by atoms with Crippen LogP contribution in [0, 0.1) is 11.3 Å². The molecule has 1 fully saturated rings. The highest BCUT2D eigenvalue weighted by Crippen LogP contribution is 2.42. The maximum atomic E-state index is 13.4. The predicted octanol–water partition coefficient (Wildman–Crippen LogP) is 3.54. The number of halogens is 2. The molecule has 3 unspecified atom stereocenters. The lowest BCUT2D eigenvalue weighted by Crippen LogP contribution is -2.55. The Bertz CT molecular complexity index is 945. The fraction of sp³-hybridized carbons (Fsp3) is 0.478. The molecule has 33 heavy (non-hydrogen) atoms. The van der Waals surface area contributed by atoms with Gasteiger partial charge in [-0.05, 0) is 47.9 Å². The average Bonchev–Trinajstić information content (AvgIpc) is 3.12.